The van der Waals surface area contributed by atoms with Gasteiger partial charge in [-0.3, -0.25) is 14.9 Å². The minimum Gasteiger partial charge on any atom is -0.508 e. The van der Waals surface area contributed by atoms with Gasteiger partial charge >= 0.3 is 0 Å². The van der Waals surface area contributed by atoms with E-state index < -0.39 is 10.8 Å². The van der Waals surface area contributed by atoms with E-state index in [0.29, 0.717) is 13.0 Å². The normalized spacial score (nSPS) is 10.6. The topological polar surface area (TPSA) is 138 Å². The Morgan fingerprint density at radius 2 is 2.04 bits per heavy atom. The molecule has 1 amide bonds. The van der Waals surface area contributed by atoms with Crippen molar-refractivity contribution >= 4 is 17.3 Å². The van der Waals surface area contributed by atoms with Crippen LogP contribution in [0.4, 0.5) is 11.4 Å². The smallest absolute Gasteiger partial charge is 0.273 e. The number of carbonyl (C=O) groups is 1. The minimum absolute atomic E-state index is 0.111. The molecule has 0 fully saturated rings. The van der Waals surface area contributed by atoms with Gasteiger partial charge in [-0.05, 0) is 30.2 Å². The molecule has 0 aliphatic heterocycles. The van der Waals surface area contributed by atoms with Gasteiger partial charge in [0.05, 0.1) is 23.8 Å². The molecule has 0 radical (unpaired) electrons. The van der Waals surface area contributed by atoms with Crippen LogP contribution in [0.15, 0.2) is 54.2 Å². The zero-order chi connectivity index (χ0) is 20.5. The van der Waals surface area contributed by atoms with Crippen molar-refractivity contribution in [1.29, 1.82) is 5.26 Å². The number of methoxy groups -OCH3 is 1. The number of nitrogens with zero attached hydrogens (tertiary/aromatic N) is 2. The second-order valence-electron chi connectivity index (χ2n) is 5.64. The summed E-state index contributed by atoms with van der Waals surface area (Å²) in [6.07, 6.45) is 1.93. The van der Waals surface area contributed by atoms with Crippen LogP contribution in [0.2, 0.25) is 0 Å². The third-order valence-corrected chi connectivity index (χ3v) is 3.75. The number of hydrogen-bond donors (Lipinski definition) is 3. The summed E-state index contributed by atoms with van der Waals surface area (Å²) in [6.45, 7) is 0.476. The summed E-state index contributed by atoms with van der Waals surface area (Å²) in [5.41, 5.74) is 0.855. The quantitative estimate of drug-likeness (QED) is 0.210. The summed E-state index contributed by atoms with van der Waals surface area (Å²) in [5.74, 6) is -0.381. The Morgan fingerprint density at radius 3 is 2.64 bits per heavy atom. The Labute approximate surface area is 161 Å². The predicted molar refractivity (Wildman–Crippen MR) is 102 cm³/mol. The largest absolute Gasteiger partial charge is 0.508 e. The van der Waals surface area contributed by atoms with Crippen molar-refractivity contribution < 1.29 is 19.6 Å². The molecule has 0 aliphatic carbocycles. The molecule has 0 saturated heterocycles. The third-order valence-electron chi connectivity index (χ3n) is 3.75. The number of amides is 1. The molecule has 0 atom stereocenters. The van der Waals surface area contributed by atoms with E-state index in [1.165, 1.54) is 31.5 Å². The first-order chi connectivity index (χ1) is 13.4. The number of hydrogen-bond acceptors (Lipinski definition) is 7. The van der Waals surface area contributed by atoms with Gasteiger partial charge in [-0.15, -0.1) is 0 Å². The number of anilines is 1. The minimum atomic E-state index is -0.674. The highest BCUT2D eigenvalue weighted by atomic mass is 16.6. The zero-order valence-electron chi connectivity index (χ0n) is 15.0. The molecule has 0 unspecified atom stereocenters. The van der Waals surface area contributed by atoms with Gasteiger partial charge in [-0.2, -0.15) is 5.26 Å². The number of nitro groups is 1. The van der Waals surface area contributed by atoms with Crippen LogP contribution >= 0.6 is 0 Å². The molecule has 0 aliphatic rings. The molecule has 0 saturated carbocycles. The Balaban J connectivity index is 1.99. The molecule has 9 heteroatoms. The number of non-ortho nitro benzene ring substituents is 1. The van der Waals surface area contributed by atoms with Crippen LogP contribution in [0, 0.1) is 21.4 Å². The van der Waals surface area contributed by atoms with Gasteiger partial charge in [0.2, 0.25) is 0 Å². The van der Waals surface area contributed by atoms with Crippen molar-refractivity contribution in [2.45, 2.75) is 6.42 Å². The molecule has 28 heavy (non-hydrogen) atoms. The summed E-state index contributed by atoms with van der Waals surface area (Å²) >= 11 is 0. The first-order valence-electron chi connectivity index (χ1n) is 8.20. The van der Waals surface area contributed by atoms with Gasteiger partial charge in [0.25, 0.3) is 11.6 Å². The molecule has 9 nitrogen and oxygen atoms in total. The second-order valence-corrected chi connectivity index (χ2v) is 5.64. The number of nitrogens with one attached hydrogen (secondary N) is 2. The van der Waals surface area contributed by atoms with Crippen LogP contribution in [0.1, 0.15) is 5.56 Å². The van der Waals surface area contributed by atoms with E-state index in [1.807, 2.05) is 0 Å². The van der Waals surface area contributed by atoms with Gasteiger partial charge in [0.15, 0.2) is 0 Å². The highest BCUT2D eigenvalue weighted by molar-refractivity contribution is 6.07. The Kier molecular flexibility index (Phi) is 6.93. The Bertz CT molecular complexity index is 932. The SMILES string of the molecule is COc1cc([N+](=O)[O-])ccc1NC(=O)/C(C#N)=C\NCCc1ccc(O)cc1. The molecule has 0 bridgehead atoms. The van der Waals surface area contributed by atoms with E-state index in [9.17, 15) is 25.3 Å². The average molecular weight is 382 g/mol. The number of aromatic hydroxyl groups is 1. The number of nitro benzene ring substituents is 1. The molecule has 0 spiro atoms. The van der Waals surface area contributed by atoms with Gasteiger partial charge in [0, 0.05) is 18.8 Å². The van der Waals surface area contributed by atoms with Gasteiger partial charge in [0.1, 0.15) is 23.1 Å². The van der Waals surface area contributed by atoms with Gasteiger partial charge < -0.3 is 20.5 Å². The van der Waals surface area contributed by atoms with Crippen LogP contribution in [-0.4, -0.2) is 29.6 Å². The predicted octanol–water partition coefficient (Wildman–Crippen LogP) is 2.49. The summed E-state index contributed by atoms with van der Waals surface area (Å²) in [5, 5.41) is 34.6. The van der Waals surface area contributed by atoms with Crippen LogP contribution < -0.4 is 15.4 Å². The molecule has 3 N–H and O–H groups in total. The molecular weight excluding hydrogens is 364 g/mol. The van der Waals surface area contributed by atoms with Crippen molar-refractivity contribution in [3.8, 4) is 17.6 Å². The number of rotatable bonds is 8. The molecule has 2 aromatic rings. The molecular formula is C19H18N4O5. The number of carbonyl (C=O) groups excluding carboxylic acids is 1. The highest BCUT2D eigenvalue weighted by Crippen LogP contribution is 2.29. The number of nitriles is 1. The lowest BCUT2D eigenvalue weighted by molar-refractivity contribution is -0.384. The van der Waals surface area contributed by atoms with Crippen molar-refractivity contribution in [1.82, 2.24) is 5.32 Å². The lowest BCUT2D eigenvalue weighted by Crippen LogP contribution is -2.18. The van der Waals surface area contributed by atoms with E-state index in [-0.39, 0.29) is 28.4 Å². The van der Waals surface area contributed by atoms with Crippen LogP contribution in [0.5, 0.6) is 11.5 Å². The molecule has 2 aromatic carbocycles. The lowest BCUT2D eigenvalue weighted by atomic mass is 10.1. The fourth-order valence-electron chi connectivity index (χ4n) is 2.29. The number of ether oxygens (including phenoxy) is 1. The van der Waals surface area contributed by atoms with Crippen molar-refractivity contribution in [2.24, 2.45) is 0 Å². The monoisotopic (exact) mass is 382 g/mol. The number of phenolic OH excluding ortho intramolecular Hbond substituents is 1. The maximum absolute atomic E-state index is 12.3. The van der Waals surface area contributed by atoms with E-state index in [0.717, 1.165) is 5.56 Å². The lowest BCUT2D eigenvalue weighted by Gasteiger charge is -2.09. The van der Waals surface area contributed by atoms with Crippen LogP contribution in [0.25, 0.3) is 0 Å². The summed E-state index contributed by atoms with van der Waals surface area (Å²) in [4.78, 5) is 22.5. The summed E-state index contributed by atoms with van der Waals surface area (Å²) in [6, 6.07) is 12.3. The molecule has 144 valence electrons. The highest BCUT2D eigenvalue weighted by Gasteiger charge is 2.15. The fourth-order valence-corrected chi connectivity index (χ4v) is 2.29. The maximum atomic E-state index is 12.3. The summed E-state index contributed by atoms with van der Waals surface area (Å²) in [7, 11) is 1.32. The zero-order valence-corrected chi connectivity index (χ0v) is 15.0. The van der Waals surface area contributed by atoms with E-state index in [1.54, 1.807) is 30.3 Å². The molecule has 0 heterocycles. The van der Waals surface area contributed by atoms with E-state index in [2.05, 4.69) is 10.6 Å². The van der Waals surface area contributed by atoms with Crippen molar-refractivity contribution in [3.63, 3.8) is 0 Å². The van der Waals surface area contributed by atoms with Crippen molar-refractivity contribution in [3.05, 3.63) is 69.9 Å². The number of benzene rings is 2. The Morgan fingerprint density at radius 1 is 1.32 bits per heavy atom. The Hall–Kier alpha value is -4.06. The molecule has 2 rings (SSSR count). The second kappa shape index (κ2) is 9.59. The maximum Gasteiger partial charge on any atom is 0.273 e. The summed E-state index contributed by atoms with van der Waals surface area (Å²) < 4.78 is 5.05. The molecule has 0 aromatic heterocycles. The van der Waals surface area contributed by atoms with E-state index >= 15 is 0 Å². The first-order valence-corrected chi connectivity index (χ1v) is 8.20. The van der Waals surface area contributed by atoms with Gasteiger partial charge in [-0.1, -0.05) is 12.1 Å². The van der Waals surface area contributed by atoms with E-state index in [4.69, 9.17) is 4.74 Å². The van der Waals surface area contributed by atoms with Crippen LogP contribution in [-0.2, 0) is 11.2 Å². The van der Waals surface area contributed by atoms with Crippen LogP contribution in [0.3, 0.4) is 0 Å². The fraction of sp³-hybridized carbons (Fsp3) is 0.158. The standard InChI is InChI=1S/C19H18N4O5/c1-28-18-10-15(23(26)27)4-7-17(18)22-19(25)14(11-20)12-21-9-8-13-2-5-16(24)6-3-13/h2-7,10,12,21,24H,8-9H2,1H3,(H,22,25)/b14-12-. The van der Waals surface area contributed by atoms with Crippen molar-refractivity contribution in [2.75, 3.05) is 19.0 Å². The average Bonchev–Trinajstić information content (AvgIpc) is 2.69. The van der Waals surface area contributed by atoms with Gasteiger partial charge in [-0.25, -0.2) is 0 Å². The first kappa shape index (κ1) is 20.3. The number of phenols is 1. The third kappa shape index (κ3) is 5.47.